The van der Waals surface area contributed by atoms with Crippen molar-refractivity contribution in [1.82, 2.24) is 4.98 Å². The quantitative estimate of drug-likeness (QED) is 0.233. The number of nitrogens with zero attached hydrogens (tertiary/aromatic N) is 1. The molecule has 0 aliphatic rings. The summed E-state index contributed by atoms with van der Waals surface area (Å²) >= 11 is 3.68. The van der Waals surface area contributed by atoms with Gasteiger partial charge in [-0.05, 0) is 58.7 Å². The number of hydrogen-bond acceptors (Lipinski definition) is 3. The zero-order chi connectivity index (χ0) is 23.6. The van der Waals surface area contributed by atoms with Crippen LogP contribution in [0.15, 0.2) is 115 Å². The minimum absolute atomic E-state index is 1.04. The van der Waals surface area contributed by atoms with Crippen molar-refractivity contribution in [2.45, 2.75) is 0 Å². The molecule has 3 heterocycles. The van der Waals surface area contributed by atoms with Crippen molar-refractivity contribution in [2.75, 3.05) is 0 Å². The SMILES string of the molecule is c1cc(-c2ccc3c(c2)ncc2sc4ccccc4c23)cc(-c2ccc3sc4ccccc4c3c2)c1. The predicted octanol–water partition coefficient (Wildman–Crippen LogP) is 10.3. The molecule has 0 spiro atoms. The topological polar surface area (TPSA) is 12.9 Å². The van der Waals surface area contributed by atoms with Crippen LogP contribution in [0.1, 0.15) is 0 Å². The van der Waals surface area contributed by atoms with Crippen molar-refractivity contribution in [1.29, 1.82) is 0 Å². The first-order chi connectivity index (χ1) is 17.8. The lowest BCUT2D eigenvalue weighted by Crippen LogP contribution is -1.84. The van der Waals surface area contributed by atoms with Crippen LogP contribution in [0, 0.1) is 0 Å². The van der Waals surface area contributed by atoms with Gasteiger partial charge in [-0.2, -0.15) is 0 Å². The van der Waals surface area contributed by atoms with E-state index in [9.17, 15) is 0 Å². The Balaban J connectivity index is 1.26. The van der Waals surface area contributed by atoms with Gasteiger partial charge in [-0.1, -0.05) is 72.8 Å². The number of hydrogen-bond donors (Lipinski definition) is 0. The van der Waals surface area contributed by atoms with Crippen molar-refractivity contribution in [2.24, 2.45) is 0 Å². The summed E-state index contributed by atoms with van der Waals surface area (Å²) in [5.74, 6) is 0. The number of pyridine rings is 1. The van der Waals surface area contributed by atoms with Gasteiger partial charge in [-0.25, -0.2) is 0 Å². The second kappa shape index (κ2) is 7.72. The van der Waals surface area contributed by atoms with Crippen LogP contribution in [0.3, 0.4) is 0 Å². The molecule has 0 unspecified atom stereocenters. The monoisotopic (exact) mass is 493 g/mol. The van der Waals surface area contributed by atoms with E-state index in [2.05, 4.69) is 109 Å². The van der Waals surface area contributed by atoms with Gasteiger partial charge in [0.25, 0.3) is 0 Å². The summed E-state index contributed by atoms with van der Waals surface area (Å²) in [6, 6.07) is 39.8. The summed E-state index contributed by atoms with van der Waals surface area (Å²) in [7, 11) is 0. The van der Waals surface area contributed by atoms with Gasteiger partial charge >= 0.3 is 0 Å². The molecule has 0 aliphatic carbocycles. The average Bonchev–Trinajstić information content (AvgIpc) is 3.51. The van der Waals surface area contributed by atoms with E-state index in [1.54, 1.807) is 0 Å². The molecular formula is C33H19NS2. The molecule has 0 fully saturated rings. The Kier molecular flexibility index (Phi) is 4.33. The second-order valence-corrected chi connectivity index (χ2v) is 11.4. The molecule has 0 atom stereocenters. The van der Waals surface area contributed by atoms with Gasteiger partial charge in [-0.15, -0.1) is 22.7 Å². The maximum atomic E-state index is 4.84. The van der Waals surface area contributed by atoms with Gasteiger partial charge in [0, 0.05) is 47.2 Å². The summed E-state index contributed by atoms with van der Waals surface area (Å²) in [5, 5.41) is 6.52. The number of thiophene rings is 2. The molecule has 3 heteroatoms. The van der Waals surface area contributed by atoms with Crippen LogP contribution >= 0.6 is 22.7 Å². The van der Waals surface area contributed by atoms with Gasteiger partial charge in [-0.3, -0.25) is 4.98 Å². The van der Waals surface area contributed by atoms with E-state index in [1.165, 1.54) is 68.0 Å². The van der Waals surface area contributed by atoms with Crippen molar-refractivity contribution in [3.63, 3.8) is 0 Å². The third-order valence-electron chi connectivity index (χ3n) is 7.12. The largest absolute Gasteiger partial charge is 0.255 e. The van der Waals surface area contributed by atoms with Crippen LogP contribution < -0.4 is 0 Å². The number of rotatable bonds is 2. The fourth-order valence-electron chi connectivity index (χ4n) is 5.37. The smallest absolute Gasteiger partial charge is 0.0715 e. The van der Waals surface area contributed by atoms with Crippen molar-refractivity contribution in [3.05, 3.63) is 115 Å². The van der Waals surface area contributed by atoms with Crippen LogP contribution in [0.5, 0.6) is 0 Å². The molecule has 0 amide bonds. The summed E-state index contributed by atoms with van der Waals surface area (Å²) < 4.78 is 5.24. The summed E-state index contributed by atoms with van der Waals surface area (Å²) in [6.07, 6.45) is 2.03. The number of aromatic nitrogens is 1. The van der Waals surface area contributed by atoms with E-state index in [1.807, 2.05) is 28.9 Å². The minimum Gasteiger partial charge on any atom is -0.255 e. The first kappa shape index (κ1) is 20.2. The standard InChI is InChI=1S/C33H19NS2/c1-3-10-29-24(8-1)27-17-22(13-15-31(27)35-29)20-6-5-7-21(16-20)23-12-14-25-28(18-23)34-19-32-33(25)26-9-2-4-11-30(26)36-32/h1-19H. The Morgan fingerprint density at radius 2 is 1.06 bits per heavy atom. The molecule has 0 saturated heterocycles. The lowest BCUT2D eigenvalue weighted by atomic mass is 9.97. The van der Waals surface area contributed by atoms with Crippen molar-refractivity contribution < 1.29 is 0 Å². The lowest BCUT2D eigenvalue weighted by Gasteiger charge is -2.08. The Bertz CT molecular complexity index is 2110. The Hall–Kier alpha value is -4.05. The number of benzene rings is 5. The summed E-state index contributed by atoms with van der Waals surface area (Å²) in [5.41, 5.74) is 5.93. The molecule has 8 rings (SSSR count). The molecule has 36 heavy (non-hydrogen) atoms. The van der Waals surface area contributed by atoms with E-state index in [0.717, 1.165) is 5.52 Å². The first-order valence-corrected chi connectivity index (χ1v) is 13.7. The van der Waals surface area contributed by atoms with E-state index < -0.39 is 0 Å². The van der Waals surface area contributed by atoms with Crippen LogP contribution in [-0.4, -0.2) is 4.98 Å². The maximum Gasteiger partial charge on any atom is 0.0715 e. The van der Waals surface area contributed by atoms with E-state index >= 15 is 0 Å². The van der Waals surface area contributed by atoms with E-state index in [4.69, 9.17) is 4.98 Å². The first-order valence-electron chi connectivity index (χ1n) is 12.0. The molecule has 3 aromatic heterocycles. The molecule has 0 radical (unpaired) electrons. The number of fused-ring (bicyclic) bond motifs is 8. The second-order valence-electron chi connectivity index (χ2n) is 9.22. The maximum absolute atomic E-state index is 4.84. The molecule has 0 bridgehead atoms. The normalized spacial score (nSPS) is 11.9. The molecule has 5 aromatic carbocycles. The highest BCUT2D eigenvalue weighted by Crippen LogP contribution is 2.39. The summed E-state index contributed by atoms with van der Waals surface area (Å²) in [6.45, 7) is 0. The highest BCUT2D eigenvalue weighted by atomic mass is 32.1. The molecule has 8 aromatic rings. The Morgan fingerprint density at radius 1 is 0.417 bits per heavy atom. The molecule has 1 nitrogen and oxygen atoms in total. The van der Waals surface area contributed by atoms with E-state index in [-0.39, 0.29) is 0 Å². The zero-order valence-electron chi connectivity index (χ0n) is 19.2. The van der Waals surface area contributed by atoms with Gasteiger partial charge in [0.1, 0.15) is 0 Å². The fraction of sp³-hybridized carbons (Fsp3) is 0. The molecule has 168 valence electrons. The molecule has 0 saturated carbocycles. The van der Waals surface area contributed by atoms with Gasteiger partial charge in [0.15, 0.2) is 0 Å². The molecule has 0 aliphatic heterocycles. The Morgan fingerprint density at radius 3 is 1.92 bits per heavy atom. The van der Waals surface area contributed by atoms with Gasteiger partial charge in [0.2, 0.25) is 0 Å². The zero-order valence-corrected chi connectivity index (χ0v) is 20.9. The van der Waals surface area contributed by atoms with Crippen LogP contribution in [0.25, 0.3) is 73.5 Å². The van der Waals surface area contributed by atoms with Crippen LogP contribution in [-0.2, 0) is 0 Å². The fourth-order valence-corrected chi connectivity index (χ4v) is 7.55. The minimum atomic E-state index is 1.04. The summed E-state index contributed by atoms with van der Waals surface area (Å²) in [4.78, 5) is 4.84. The van der Waals surface area contributed by atoms with Gasteiger partial charge < -0.3 is 0 Å². The van der Waals surface area contributed by atoms with E-state index in [0.29, 0.717) is 0 Å². The Labute approximate surface area is 215 Å². The van der Waals surface area contributed by atoms with Crippen molar-refractivity contribution in [3.8, 4) is 22.3 Å². The van der Waals surface area contributed by atoms with Gasteiger partial charge in [0.05, 0.1) is 10.2 Å². The van der Waals surface area contributed by atoms with Crippen LogP contribution in [0.4, 0.5) is 0 Å². The van der Waals surface area contributed by atoms with Crippen LogP contribution in [0.2, 0.25) is 0 Å². The molecular weight excluding hydrogens is 475 g/mol. The highest BCUT2D eigenvalue weighted by molar-refractivity contribution is 7.26. The highest BCUT2D eigenvalue weighted by Gasteiger charge is 2.11. The predicted molar refractivity (Wildman–Crippen MR) is 158 cm³/mol. The average molecular weight is 494 g/mol. The third kappa shape index (κ3) is 3.03. The lowest BCUT2D eigenvalue weighted by molar-refractivity contribution is 1.45. The third-order valence-corrected chi connectivity index (χ3v) is 9.37. The van der Waals surface area contributed by atoms with Crippen molar-refractivity contribution >= 4 is 73.9 Å². The molecule has 0 N–H and O–H groups in total.